The van der Waals surface area contributed by atoms with Gasteiger partial charge >= 0.3 is 12.0 Å². The highest BCUT2D eigenvalue weighted by atomic mass is 16.5. The lowest BCUT2D eigenvalue weighted by molar-refractivity contribution is -0.138. The molecule has 2 N–H and O–H groups in total. The lowest BCUT2D eigenvalue weighted by Crippen LogP contribution is -2.48. The smallest absolute Gasteiger partial charge is 0.327 e. The maximum absolute atomic E-state index is 12.3. The van der Waals surface area contributed by atoms with Gasteiger partial charge < -0.3 is 15.2 Å². The summed E-state index contributed by atoms with van der Waals surface area (Å²) in [5.74, 6) is -1.00. The predicted molar refractivity (Wildman–Crippen MR) is 78.5 cm³/mol. The third-order valence-corrected chi connectivity index (χ3v) is 3.31. The van der Waals surface area contributed by atoms with Crippen molar-refractivity contribution in [1.82, 2.24) is 5.32 Å². The predicted octanol–water partition coefficient (Wildman–Crippen LogP) is 1.64. The van der Waals surface area contributed by atoms with Crippen molar-refractivity contribution in [2.75, 3.05) is 18.1 Å². The van der Waals surface area contributed by atoms with Crippen molar-refractivity contribution in [3.05, 3.63) is 29.8 Å². The number of carbonyl (C=O) groups is 2. The molecule has 0 bridgehead atoms. The van der Waals surface area contributed by atoms with Crippen molar-refractivity contribution in [3.63, 3.8) is 0 Å². The third kappa shape index (κ3) is 3.52. The number of hydrogen-bond donors (Lipinski definition) is 2. The Morgan fingerprint density at radius 3 is 2.81 bits per heavy atom. The van der Waals surface area contributed by atoms with Gasteiger partial charge in [-0.1, -0.05) is 18.2 Å². The molecule has 0 saturated carbocycles. The van der Waals surface area contributed by atoms with Gasteiger partial charge in [-0.25, -0.2) is 9.59 Å². The fraction of sp³-hybridized carbons (Fsp3) is 0.467. The van der Waals surface area contributed by atoms with E-state index < -0.39 is 18.0 Å². The van der Waals surface area contributed by atoms with E-state index in [1.54, 1.807) is 12.1 Å². The summed E-state index contributed by atoms with van der Waals surface area (Å²) in [6.07, 6.45) is 0.433. The summed E-state index contributed by atoms with van der Waals surface area (Å²) in [5.41, 5.74) is 1.53. The first-order valence-corrected chi connectivity index (χ1v) is 7.00. The van der Waals surface area contributed by atoms with Gasteiger partial charge in [-0.05, 0) is 25.5 Å². The van der Waals surface area contributed by atoms with Crippen molar-refractivity contribution in [2.24, 2.45) is 0 Å². The minimum atomic E-state index is -1.00. The first-order chi connectivity index (χ1) is 10.0. The molecular formula is C15H20N2O4. The first kappa shape index (κ1) is 15.3. The van der Waals surface area contributed by atoms with Crippen molar-refractivity contribution in [3.8, 4) is 0 Å². The summed E-state index contributed by atoms with van der Waals surface area (Å²) in [7, 11) is 0. The van der Waals surface area contributed by atoms with Crippen LogP contribution in [0.5, 0.6) is 0 Å². The van der Waals surface area contributed by atoms with Crippen LogP contribution in [-0.2, 0) is 16.0 Å². The fourth-order valence-electron chi connectivity index (χ4n) is 2.37. The van der Waals surface area contributed by atoms with Crippen LogP contribution in [0.3, 0.4) is 0 Å². The Kier molecular flexibility index (Phi) is 4.80. The van der Waals surface area contributed by atoms with Gasteiger partial charge in [0.05, 0.1) is 12.7 Å². The van der Waals surface area contributed by atoms with E-state index in [2.05, 4.69) is 5.32 Å². The largest absolute Gasteiger partial charge is 0.480 e. The fourth-order valence-corrected chi connectivity index (χ4v) is 2.37. The number of carboxylic acid groups (broad SMARTS) is 1. The molecule has 21 heavy (non-hydrogen) atoms. The molecule has 2 rings (SSSR count). The second kappa shape index (κ2) is 6.58. The Bertz CT molecular complexity index is 530. The standard InChI is InChI=1S/C15H20N2O4/c1-10(2)21-8-7-16-15(20)17-12-6-4-3-5-11(12)9-13(17)14(18)19/h3-6,10,13H,7-9H2,1-2H3,(H,16,20)(H,18,19). The van der Waals surface area contributed by atoms with E-state index in [4.69, 9.17) is 4.74 Å². The van der Waals surface area contributed by atoms with E-state index in [1.165, 1.54) is 4.90 Å². The average Bonchev–Trinajstić information content (AvgIpc) is 2.83. The molecule has 1 unspecified atom stereocenters. The van der Waals surface area contributed by atoms with Gasteiger partial charge in [0.1, 0.15) is 6.04 Å². The number of urea groups is 1. The second-order valence-corrected chi connectivity index (χ2v) is 5.21. The zero-order chi connectivity index (χ0) is 15.4. The van der Waals surface area contributed by atoms with Crippen LogP contribution in [0.15, 0.2) is 24.3 Å². The highest BCUT2D eigenvalue weighted by molar-refractivity contribution is 6.01. The molecule has 0 fully saturated rings. The van der Waals surface area contributed by atoms with Crippen molar-refractivity contribution < 1.29 is 19.4 Å². The van der Waals surface area contributed by atoms with Crippen molar-refractivity contribution >= 4 is 17.7 Å². The Hall–Kier alpha value is -2.08. The van der Waals surface area contributed by atoms with Gasteiger partial charge in [0.2, 0.25) is 0 Å². The zero-order valence-corrected chi connectivity index (χ0v) is 12.2. The lowest BCUT2D eigenvalue weighted by Gasteiger charge is -2.23. The van der Waals surface area contributed by atoms with Crippen LogP contribution in [0.1, 0.15) is 19.4 Å². The molecule has 1 aliphatic heterocycles. The van der Waals surface area contributed by atoms with Gasteiger partial charge in [0.15, 0.2) is 0 Å². The number of carboxylic acids is 1. The molecule has 114 valence electrons. The normalized spacial score (nSPS) is 16.9. The van der Waals surface area contributed by atoms with Gasteiger partial charge in [0.25, 0.3) is 0 Å². The van der Waals surface area contributed by atoms with Crippen LogP contribution in [-0.4, -0.2) is 42.4 Å². The van der Waals surface area contributed by atoms with E-state index in [-0.39, 0.29) is 6.10 Å². The lowest BCUT2D eigenvalue weighted by atomic mass is 10.1. The monoisotopic (exact) mass is 292 g/mol. The maximum Gasteiger partial charge on any atom is 0.327 e. The molecule has 0 aliphatic carbocycles. The van der Waals surface area contributed by atoms with E-state index in [1.807, 2.05) is 26.0 Å². The molecule has 0 spiro atoms. The number of anilines is 1. The van der Waals surface area contributed by atoms with E-state index in [0.717, 1.165) is 5.56 Å². The number of rotatable bonds is 5. The topological polar surface area (TPSA) is 78.9 Å². The summed E-state index contributed by atoms with van der Waals surface area (Å²) in [5, 5.41) is 12.0. The second-order valence-electron chi connectivity index (χ2n) is 5.21. The van der Waals surface area contributed by atoms with Crippen molar-refractivity contribution in [1.29, 1.82) is 0 Å². The average molecular weight is 292 g/mol. The Morgan fingerprint density at radius 2 is 2.14 bits per heavy atom. The van der Waals surface area contributed by atoms with Crippen LogP contribution in [0.4, 0.5) is 10.5 Å². The molecule has 0 saturated heterocycles. The van der Waals surface area contributed by atoms with Crippen LogP contribution in [0.25, 0.3) is 0 Å². The Balaban J connectivity index is 2.04. The molecule has 6 heteroatoms. The van der Waals surface area contributed by atoms with Crippen LogP contribution < -0.4 is 10.2 Å². The molecular weight excluding hydrogens is 272 g/mol. The molecule has 1 aromatic rings. The van der Waals surface area contributed by atoms with E-state index in [9.17, 15) is 14.7 Å². The summed E-state index contributed by atoms with van der Waals surface area (Å²) >= 11 is 0. The van der Waals surface area contributed by atoms with Crippen LogP contribution in [0.2, 0.25) is 0 Å². The number of ether oxygens (including phenoxy) is 1. The number of carbonyl (C=O) groups excluding carboxylic acids is 1. The molecule has 1 atom stereocenters. The van der Waals surface area contributed by atoms with Gasteiger partial charge in [-0.15, -0.1) is 0 Å². The van der Waals surface area contributed by atoms with Crippen molar-refractivity contribution in [2.45, 2.75) is 32.4 Å². The van der Waals surface area contributed by atoms with E-state index >= 15 is 0 Å². The summed E-state index contributed by atoms with van der Waals surface area (Å²) in [6, 6.07) is 6.00. The first-order valence-electron chi connectivity index (χ1n) is 7.00. The number of benzene rings is 1. The highest BCUT2D eigenvalue weighted by Gasteiger charge is 2.38. The minimum absolute atomic E-state index is 0.0983. The summed E-state index contributed by atoms with van der Waals surface area (Å²) in [4.78, 5) is 24.9. The van der Waals surface area contributed by atoms with Crippen LogP contribution in [0, 0.1) is 0 Å². The molecule has 1 aromatic carbocycles. The van der Waals surface area contributed by atoms with Gasteiger partial charge in [-0.3, -0.25) is 4.90 Å². The number of fused-ring (bicyclic) bond motifs is 1. The molecule has 0 radical (unpaired) electrons. The molecule has 1 heterocycles. The number of aliphatic carboxylic acids is 1. The molecule has 0 aromatic heterocycles. The van der Waals surface area contributed by atoms with Crippen LogP contribution >= 0.6 is 0 Å². The minimum Gasteiger partial charge on any atom is -0.480 e. The number of para-hydroxylation sites is 1. The maximum atomic E-state index is 12.3. The number of amides is 2. The van der Waals surface area contributed by atoms with Gasteiger partial charge in [0, 0.05) is 18.7 Å². The zero-order valence-electron chi connectivity index (χ0n) is 12.2. The molecule has 1 aliphatic rings. The Labute approximate surface area is 123 Å². The number of nitrogens with one attached hydrogen (secondary N) is 1. The summed E-state index contributed by atoms with van der Waals surface area (Å²) < 4.78 is 5.35. The number of nitrogens with zero attached hydrogens (tertiary/aromatic N) is 1. The van der Waals surface area contributed by atoms with E-state index in [0.29, 0.717) is 25.3 Å². The highest BCUT2D eigenvalue weighted by Crippen LogP contribution is 2.32. The Morgan fingerprint density at radius 1 is 1.43 bits per heavy atom. The third-order valence-electron chi connectivity index (χ3n) is 3.31. The molecule has 2 amide bonds. The summed E-state index contributed by atoms with van der Waals surface area (Å²) in [6.45, 7) is 4.58. The number of hydrogen-bond acceptors (Lipinski definition) is 3. The molecule has 6 nitrogen and oxygen atoms in total. The quantitative estimate of drug-likeness (QED) is 0.809. The SMILES string of the molecule is CC(C)OCCNC(=O)N1c2ccccc2CC1C(=O)O. The van der Waals surface area contributed by atoms with Gasteiger partial charge in [-0.2, -0.15) is 0 Å².